The van der Waals surface area contributed by atoms with Crippen LogP contribution < -0.4 is 5.73 Å². The number of nitrogens with two attached hydrogens (primary N) is 1. The van der Waals surface area contributed by atoms with Gasteiger partial charge in [-0.2, -0.15) is 0 Å². The molecule has 0 amide bonds. The van der Waals surface area contributed by atoms with E-state index in [2.05, 4.69) is 0 Å². The van der Waals surface area contributed by atoms with Gasteiger partial charge in [0.05, 0.1) is 11.1 Å². The molecule has 1 saturated carbocycles. The van der Waals surface area contributed by atoms with Crippen LogP contribution in [0.4, 0.5) is 13.2 Å². The van der Waals surface area contributed by atoms with Gasteiger partial charge >= 0.3 is 0 Å². The van der Waals surface area contributed by atoms with Crippen LogP contribution in [0.1, 0.15) is 42.5 Å². The standard InChI is InChI=1S/C13H14F3NO/c14-9-5-4-8(10(15)11(9)16)12(18)13(17)6-2-1-3-7-13/h4-5H,1-3,6-7,17H2. The molecule has 1 aromatic carbocycles. The van der Waals surface area contributed by atoms with Crippen molar-refractivity contribution in [1.82, 2.24) is 0 Å². The fourth-order valence-electron chi connectivity index (χ4n) is 2.38. The highest BCUT2D eigenvalue weighted by Gasteiger charge is 2.37. The molecule has 18 heavy (non-hydrogen) atoms. The minimum Gasteiger partial charge on any atom is -0.319 e. The van der Waals surface area contributed by atoms with Crippen molar-refractivity contribution in [2.75, 3.05) is 0 Å². The van der Waals surface area contributed by atoms with Crippen molar-refractivity contribution < 1.29 is 18.0 Å². The Morgan fingerprint density at radius 2 is 1.67 bits per heavy atom. The van der Waals surface area contributed by atoms with Crippen molar-refractivity contribution >= 4 is 5.78 Å². The molecule has 1 aliphatic carbocycles. The Balaban J connectivity index is 2.37. The molecule has 0 heterocycles. The number of hydrogen-bond donors (Lipinski definition) is 1. The molecular formula is C13H14F3NO. The summed E-state index contributed by atoms with van der Waals surface area (Å²) in [7, 11) is 0. The van der Waals surface area contributed by atoms with Gasteiger partial charge in [-0.1, -0.05) is 19.3 Å². The Morgan fingerprint density at radius 3 is 2.28 bits per heavy atom. The Hall–Kier alpha value is -1.36. The first kappa shape index (κ1) is 13.1. The molecule has 0 saturated heterocycles. The molecule has 1 aliphatic rings. The summed E-state index contributed by atoms with van der Waals surface area (Å²) in [5, 5.41) is 0. The SMILES string of the molecule is NC1(C(=O)c2ccc(F)c(F)c2F)CCCCC1. The van der Waals surface area contributed by atoms with E-state index in [4.69, 9.17) is 5.73 Å². The summed E-state index contributed by atoms with van der Waals surface area (Å²) in [4.78, 5) is 12.2. The Morgan fingerprint density at radius 1 is 1.06 bits per heavy atom. The quantitative estimate of drug-likeness (QED) is 0.654. The molecule has 2 nitrogen and oxygen atoms in total. The van der Waals surface area contributed by atoms with Gasteiger partial charge in [-0.25, -0.2) is 13.2 Å². The Kier molecular flexibility index (Phi) is 3.43. The number of Topliss-reactive ketones (excluding diaryl/α,β-unsaturated/α-hetero) is 1. The van der Waals surface area contributed by atoms with E-state index in [9.17, 15) is 18.0 Å². The maximum atomic E-state index is 13.5. The average molecular weight is 257 g/mol. The van der Waals surface area contributed by atoms with E-state index >= 15 is 0 Å². The zero-order chi connectivity index (χ0) is 13.3. The van der Waals surface area contributed by atoms with E-state index in [1.54, 1.807) is 0 Å². The van der Waals surface area contributed by atoms with Crippen molar-refractivity contribution in [3.05, 3.63) is 35.1 Å². The van der Waals surface area contributed by atoms with Crippen molar-refractivity contribution in [2.45, 2.75) is 37.6 Å². The van der Waals surface area contributed by atoms with Gasteiger partial charge in [0.15, 0.2) is 23.2 Å². The van der Waals surface area contributed by atoms with Gasteiger partial charge in [0.25, 0.3) is 0 Å². The highest BCUT2D eigenvalue weighted by molar-refractivity contribution is 6.03. The summed E-state index contributed by atoms with van der Waals surface area (Å²) in [6.07, 6.45) is 3.45. The maximum Gasteiger partial charge on any atom is 0.195 e. The zero-order valence-electron chi connectivity index (χ0n) is 9.81. The number of carbonyl (C=O) groups is 1. The van der Waals surface area contributed by atoms with E-state index in [1.165, 1.54) is 0 Å². The molecule has 0 spiro atoms. The molecule has 98 valence electrons. The van der Waals surface area contributed by atoms with Crippen LogP contribution in [0.25, 0.3) is 0 Å². The van der Waals surface area contributed by atoms with Gasteiger partial charge in [0.2, 0.25) is 0 Å². The predicted octanol–water partition coefficient (Wildman–Crippen LogP) is 2.95. The number of ketones is 1. The van der Waals surface area contributed by atoms with Gasteiger partial charge in [0, 0.05) is 0 Å². The third-order valence-corrected chi connectivity index (χ3v) is 3.48. The lowest BCUT2D eigenvalue weighted by Gasteiger charge is -2.31. The molecule has 1 fully saturated rings. The van der Waals surface area contributed by atoms with Crippen LogP contribution >= 0.6 is 0 Å². The molecule has 1 aromatic rings. The molecule has 0 radical (unpaired) electrons. The monoisotopic (exact) mass is 257 g/mol. The molecule has 5 heteroatoms. The van der Waals surface area contributed by atoms with E-state index in [1.807, 2.05) is 0 Å². The van der Waals surface area contributed by atoms with Crippen LogP contribution in [-0.4, -0.2) is 11.3 Å². The number of carbonyl (C=O) groups excluding carboxylic acids is 1. The van der Waals surface area contributed by atoms with Crippen LogP contribution in [0.5, 0.6) is 0 Å². The molecule has 0 atom stereocenters. The minimum absolute atomic E-state index is 0.449. The second-order valence-corrected chi connectivity index (χ2v) is 4.77. The highest BCUT2D eigenvalue weighted by atomic mass is 19.2. The maximum absolute atomic E-state index is 13.5. The molecule has 2 rings (SSSR count). The number of rotatable bonds is 2. The summed E-state index contributed by atoms with van der Waals surface area (Å²) in [5.41, 5.74) is 4.35. The fourth-order valence-corrected chi connectivity index (χ4v) is 2.38. The minimum atomic E-state index is -1.62. The summed E-state index contributed by atoms with van der Waals surface area (Å²) in [6, 6.07) is 1.71. The first-order valence-electron chi connectivity index (χ1n) is 5.93. The van der Waals surface area contributed by atoms with E-state index in [-0.39, 0.29) is 0 Å². The first-order chi connectivity index (χ1) is 8.46. The molecule has 0 aliphatic heterocycles. The van der Waals surface area contributed by atoms with Crippen molar-refractivity contribution in [2.24, 2.45) is 5.73 Å². The highest BCUT2D eigenvalue weighted by Crippen LogP contribution is 2.30. The van der Waals surface area contributed by atoms with Crippen LogP contribution in [0.15, 0.2) is 12.1 Å². The lowest BCUT2D eigenvalue weighted by molar-refractivity contribution is 0.0842. The van der Waals surface area contributed by atoms with Gasteiger partial charge in [-0.15, -0.1) is 0 Å². The molecule has 2 N–H and O–H groups in total. The van der Waals surface area contributed by atoms with Crippen LogP contribution in [-0.2, 0) is 0 Å². The normalized spacial score (nSPS) is 18.7. The second-order valence-electron chi connectivity index (χ2n) is 4.77. The van der Waals surface area contributed by atoms with E-state index in [0.29, 0.717) is 12.8 Å². The smallest absolute Gasteiger partial charge is 0.195 e. The first-order valence-corrected chi connectivity index (χ1v) is 5.93. The molecule has 0 bridgehead atoms. The Labute approximate surface area is 103 Å². The second kappa shape index (κ2) is 4.72. The Bertz CT molecular complexity index is 481. The number of benzene rings is 1. The predicted molar refractivity (Wildman–Crippen MR) is 60.6 cm³/mol. The van der Waals surface area contributed by atoms with E-state index in [0.717, 1.165) is 31.4 Å². The molecule has 0 aromatic heterocycles. The average Bonchev–Trinajstić information content (AvgIpc) is 2.36. The number of halogens is 3. The van der Waals surface area contributed by atoms with E-state index < -0.39 is 34.3 Å². The van der Waals surface area contributed by atoms with Crippen molar-refractivity contribution in [3.63, 3.8) is 0 Å². The lowest BCUT2D eigenvalue weighted by atomic mass is 9.77. The number of hydrogen-bond acceptors (Lipinski definition) is 2. The summed E-state index contributed by atoms with van der Waals surface area (Å²) in [5.74, 6) is -5.02. The zero-order valence-corrected chi connectivity index (χ0v) is 9.81. The largest absolute Gasteiger partial charge is 0.319 e. The van der Waals surface area contributed by atoms with Crippen molar-refractivity contribution in [3.8, 4) is 0 Å². The van der Waals surface area contributed by atoms with Crippen LogP contribution in [0, 0.1) is 17.5 Å². The third kappa shape index (κ3) is 2.14. The summed E-state index contributed by atoms with van der Waals surface area (Å²) < 4.78 is 39.5. The van der Waals surface area contributed by atoms with Crippen LogP contribution in [0.2, 0.25) is 0 Å². The topological polar surface area (TPSA) is 43.1 Å². The van der Waals surface area contributed by atoms with Crippen molar-refractivity contribution in [1.29, 1.82) is 0 Å². The van der Waals surface area contributed by atoms with Gasteiger partial charge in [-0.3, -0.25) is 4.79 Å². The lowest BCUT2D eigenvalue weighted by Crippen LogP contribution is -2.49. The third-order valence-electron chi connectivity index (χ3n) is 3.48. The summed E-state index contributed by atoms with van der Waals surface area (Å²) in [6.45, 7) is 0. The fraction of sp³-hybridized carbons (Fsp3) is 0.462. The van der Waals surface area contributed by atoms with Gasteiger partial charge in [0.1, 0.15) is 0 Å². The van der Waals surface area contributed by atoms with Gasteiger partial charge < -0.3 is 5.73 Å². The molecule has 0 unspecified atom stereocenters. The van der Waals surface area contributed by atoms with Gasteiger partial charge in [-0.05, 0) is 25.0 Å². The van der Waals surface area contributed by atoms with Crippen LogP contribution in [0.3, 0.4) is 0 Å². The summed E-state index contributed by atoms with van der Waals surface area (Å²) >= 11 is 0. The molecular weight excluding hydrogens is 243 g/mol.